The summed E-state index contributed by atoms with van der Waals surface area (Å²) in [4.78, 5) is 21.5. The van der Waals surface area contributed by atoms with Crippen molar-refractivity contribution in [2.24, 2.45) is 5.73 Å². The number of nitrogens with zero attached hydrogens (tertiary/aromatic N) is 1. The minimum absolute atomic E-state index is 0.0459. The van der Waals surface area contributed by atoms with Crippen molar-refractivity contribution in [3.63, 3.8) is 0 Å². The van der Waals surface area contributed by atoms with Crippen LogP contribution in [-0.2, 0) is 4.79 Å². The van der Waals surface area contributed by atoms with E-state index in [4.69, 9.17) is 10.5 Å². The Labute approximate surface area is 127 Å². The number of nitrogens with two attached hydrogens (primary N) is 1. The summed E-state index contributed by atoms with van der Waals surface area (Å²) in [7, 11) is 0. The molecule has 0 heterocycles. The van der Waals surface area contributed by atoms with Gasteiger partial charge in [-0.2, -0.15) is 4.39 Å². The van der Waals surface area contributed by atoms with Gasteiger partial charge in [0.1, 0.15) is 5.75 Å². The molecule has 0 aliphatic carbocycles. The number of nitrogens with one attached hydrogen (secondary N) is 1. The third kappa shape index (κ3) is 4.39. The molecular weight excluding hydrogens is 293 g/mol. The van der Waals surface area contributed by atoms with Crippen LogP contribution in [-0.4, -0.2) is 29.5 Å². The van der Waals surface area contributed by atoms with Crippen LogP contribution in [0.4, 0.5) is 10.1 Å². The molecule has 3 N–H and O–H groups in total. The Bertz CT molecular complexity index is 539. The number of hydrogen-bond acceptors (Lipinski definition) is 5. The number of carbonyl (C=O) groups is 1. The van der Waals surface area contributed by atoms with E-state index < -0.39 is 22.0 Å². The van der Waals surface area contributed by atoms with Gasteiger partial charge in [0.05, 0.1) is 10.5 Å². The number of benzene rings is 1. The van der Waals surface area contributed by atoms with Crippen molar-refractivity contribution < 1.29 is 18.8 Å². The molecule has 0 bridgehead atoms. The summed E-state index contributed by atoms with van der Waals surface area (Å²) in [5.41, 5.74) is 4.55. The van der Waals surface area contributed by atoms with Crippen molar-refractivity contribution >= 4 is 11.6 Å². The lowest BCUT2D eigenvalue weighted by Gasteiger charge is -2.31. The van der Waals surface area contributed by atoms with Crippen LogP contribution in [0.25, 0.3) is 0 Å². The second kappa shape index (κ2) is 7.69. The molecule has 1 rings (SSSR count). The highest BCUT2D eigenvalue weighted by atomic mass is 19.1. The Morgan fingerprint density at radius 1 is 1.45 bits per heavy atom. The van der Waals surface area contributed by atoms with Crippen LogP contribution in [0.5, 0.6) is 5.75 Å². The van der Waals surface area contributed by atoms with E-state index in [9.17, 15) is 19.3 Å². The summed E-state index contributed by atoms with van der Waals surface area (Å²) in [5.74, 6) is -1.35. The Morgan fingerprint density at radius 2 is 2.09 bits per heavy atom. The van der Waals surface area contributed by atoms with Gasteiger partial charge in [-0.25, -0.2) is 0 Å². The summed E-state index contributed by atoms with van der Waals surface area (Å²) < 4.78 is 18.6. The molecule has 1 amide bonds. The zero-order chi connectivity index (χ0) is 16.8. The summed E-state index contributed by atoms with van der Waals surface area (Å²) in [6.45, 7) is 3.82. The third-order valence-corrected chi connectivity index (χ3v) is 3.63. The van der Waals surface area contributed by atoms with Crippen molar-refractivity contribution in [1.82, 2.24) is 5.32 Å². The van der Waals surface area contributed by atoms with E-state index >= 15 is 0 Å². The molecule has 7 nitrogen and oxygen atoms in total. The maximum Gasteiger partial charge on any atom is 0.305 e. The maximum absolute atomic E-state index is 13.4. The highest BCUT2D eigenvalue weighted by Gasteiger charge is 2.26. The summed E-state index contributed by atoms with van der Waals surface area (Å²) in [6, 6.07) is 3.11. The summed E-state index contributed by atoms with van der Waals surface area (Å²) >= 11 is 0. The minimum atomic E-state index is -1.01. The van der Waals surface area contributed by atoms with Gasteiger partial charge in [-0.15, -0.1) is 0 Å². The van der Waals surface area contributed by atoms with Gasteiger partial charge in [0.25, 0.3) is 5.91 Å². The quantitative estimate of drug-likeness (QED) is 0.561. The van der Waals surface area contributed by atoms with Crippen LogP contribution in [0.1, 0.15) is 26.7 Å². The molecule has 0 spiro atoms. The Morgan fingerprint density at radius 3 is 2.55 bits per heavy atom. The molecule has 0 radical (unpaired) electrons. The number of halogens is 1. The zero-order valence-electron chi connectivity index (χ0n) is 12.6. The molecule has 0 aliphatic rings. The molecule has 0 fully saturated rings. The maximum atomic E-state index is 13.4. The van der Waals surface area contributed by atoms with Crippen LogP contribution >= 0.6 is 0 Å². The van der Waals surface area contributed by atoms with Crippen molar-refractivity contribution in [2.75, 3.05) is 13.2 Å². The van der Waals surface area contributed by atoms with E-state index in [1.807, 2.05) is 13.8 Å². The highest BCUT2D eigenvalue weighted by Crippen LogP contribution is 2.22. The fourth-order valence-corrected chi connectivity index (χ4v) is 1.97. The Balaban J connectivity index is 2.65. The largest absolute Gasteiger partial charge is 0.484 e. The molecular formula is C14H20FN3O4. The SMILES string of the molecule is CCC(CC)(CN)NC(=O)COc1ccc([N+](=O)[O-])c(F)c1. The van der Waals surface area contributed by atoms with E-state index in [0.717, 1.165) is 12.1 Å². The average Bonchev–Trinajstić information content (AvgIpc) is 2.50. The first-order valence-corrected chi connectivity index (χ1v) is 6.95. The van der Waals surface area contributed by atoms with Gasteiger partial charge < -0.3 is 15.8 Å². The second-order valence-corrected chi connectivity index (χ2v) is 4.90. The standard InChI is InChI=1S/C14H20FN3O4/c1-3-14(4-2,9-16)17-13(19)8-22-10-5-6-12(18(20)21)11(15)7-10/h5-7H,3-4,8-9,16H2,1-2H3,(H,17,19). The first-order valence-electron chi connectivity index (χ1n) is 6.95. The number of carbonyl (C=O) groups excluding carboxylic acids is 1. The van der Waals surface area contributed by atoms with Crippen LogP contribution in [0.2, 0.25) is 0 Å². The minimum Gasteiger partial charge on any atom is -0.484 e. The van der Waals surface area contributed by atoms with Crippen molar-refractivity contribution in [3.05, 3.63) is 34.1 Å². The highest BCUT2D eigenvalue weighted by molar-refractivity contribution is 5.78. The first kappa shape index (κ1) is 17.8. The molecule has 0 aromatic heterocycles. The predicted molar refractivity (Wildman–Crippen MR) is 79.1 cm³/mol. The number of nitro benzene ring substituents is 1. The Hall–Kier alpha value is -2.22. The van der Waals surface area contributed by atoms with Crippen LogP contribution in [0.3, 0.4) is 0 Å². The molecule has 0 atom stereocenters. The van der Waals surface area contributed by atoms with Crippen molar-refractivity contribution in [1.29, 1.82) is 0 Å². The molecule has 22 heavy (non-hydrogen) atoms. The number of hydrogen-bond donors (Lipinski definition) is 2. The smallest absolute Gasteiger partial charge is 0.305 e. The Kier molecular flexibility index (Phi) is 6.24. The van der Waals surface area contributed by atoms with E-state index in [1.165, 1.54) is 6.07 Å². The lowest BCUT2D eigenvalue weighted by atomic mass is 9.93. The van der Waals surface area contributed by atoms with E-state index in [2.05, 4.69) is 5.32 Å². The molecule has 0 unspecified atom stereocenters. The number of ether oxygens (including phenoxy) is 1. The van der Waals surface area contributed by atoms with E-state index in [0.29, 0.717) is 19.4 Å². The number of rotatable bonds is 8. The van der Waals surface area contributed by atoms with Crippen molar-refractivity contribution in [3.8, 4) is 5.75 Å². The zero-order valence-corrected chi connectivity index (χ0v) is 12.6. The van der Waals surface area contributed by atoms with Crippen LogP contribution < -0.4 is 15.8 Å². The monoisotopic (exact) mass is 313 g/mol. The molecule has 0 aliphatic heterocycles. The normalized spacial score (nSPS) is 11.1. The molecule has 1 aromatic rings. The summed E-state index contributed by atoms with van der Waals surface area (Å²) in [6.07, 6.45) is 1.36. The lowest BCUT2D eigenvalue weighted by molar-refractivity contribution is -0.387. The summed E-state index contributed by atoms with van der Waals surface area (Å²) in [5, 5.41) is 13.3. The number of nitro groups is 1. The first-order chi connectivity index (χ1) is 10.4. The second-order valence-electron chi connectivity index (χ2n) is 4.90. The lowest BCUT2D eigenvalue weighted by Crippen LogP contribution is -2.54. The van der Waals surface area contributed by atoms with E-state index in [1.54, 1.807) is 0 Å². The molecule has 0 saturated heterocycles. The topological polar surface area (TPSA) is 107 Å². The van der Waals surface area contributed by atoms with Crippen molar-refractivity contribution in [2.45, 2.75) is 32.2 Å². The van der Waals surface area contributed by atoms with Crippen LogP contribution in [0, 0.1) is 15.9 Å². The number of amides is 1. The molecule has 8 heteroatoms. The van der Waals surface area contributed by atoms with Gasteiger partial charge in [0.2, 0.25) is 5.82 Å². The van der Waals surface area contributed by atoms with Gasteiger partial charge in [0, 0.05) is 18.7 Å². The fraction of sp³-hybridized carbons (Fsp3) is 0.500. The van der Waals surface area contributed by atoms with E-state index in [-0.39, 0.29) is 18.3 Å². The van der Waals surface area contributed by atoms with Gasteiger partial charge in [-0.05, 0) is 18.9 Å². The van der Waals surface area contributed by atoms with Gasteiger partial charge >= 0.3 is 5.69 Å². The van der Waals surface area contributed by atoms with Gasteiger partial charge in [0.15, 0.2) is 6.61 Å². The molecule has 1 aromatic carbocycles. The molecule has 122 valence electrons. The average molecular weight is 313 g/mol. The van der Waals surface area contributed by atoms with Crippen LogP contribution in [0.15, 0.2) is 18.2 Å². The van der Waals surface area contributed by atoms with Gasteiger partial charge in [-0.1, -0.05) is 13.8 Å². The van der Waals surface area contributed by atoms with Gasteiger partial charge in [-0.3, -0.25) is 14.9 Å². The molecule has 0 saturated carbocycles. The third-order valence-electron chi connectivity index (χ3n) is 3.63. The fourth-order valence-electron chi connectivity index (χ4n) is 1.97. The predicted octanol–water partition coefficient (Wildman–Crippen LogP) is 1.75.